The zero-order chi connectivity index (χ0) is 24.3. The maximum atomic E-state index is 13.2. The first-order chi connectivity index (χ1) is 17.7. The second kappa shape index (κ2) is 10.5. The molecule has 3 aliphatic heterocycles. The molecular weight excluding hydrogens is 450 g/mol. The van der Waals surface area contributed by atoms with Crippen molar-refractivity contribution in [3.8, 4) is 0 Å². The second-order valence-electron chi connectivity index (χ2n) is 10.7. The van der Waals surface area contributed by atoms with Gasteiger partial charge < -0.3 is 14.8 Å². The molecular formula is C28H37N7O. The number of anilines is 2. The van der Waals surface area contributed by atoms with E-state index >= 15 is 0 Å². The van der Waals surface area contributed by atoms with Crippen LogP contribution in [0.1, 0.15) is 62.8 Å². The molecule has 2 fully saturated rings. The van der Waals surface area contributed by atoms with Crippen molar-refractivity contribution in [2.24, 2.45) is 5.92 Å². The van der Waals surface area contributed by atoms with Crippen LogP contribution in [-0.2, 0) is 24.3 Å². The Bertz CT molecular complexity index is 1200. The molecule has 0 bridgehead atoms. The number of benzene rings is 1. The van der Waals surface area contributed by atoms with E-state index in [0.717, 1.165) is 67.4 Å². The van der Waals surface area contributed by atoms with E-state index in [1.165, 1.54) is 57.2 Å². The number of aryl methyl sites for hydroxylation is 2. The Kier molecular flexibility index (Phi) is 6.86. The summed E-state index contributed by atoms with van der Waals surface area (Å²) in [6.45, 7) is 5.91. The lowest BCUT2D eigenvalue weighted by molar-refractivity contribution is -0.120. The number of nitrogens with zero attached hydrogens (tertiary/aromatic N) is 6. The van der Waals surface area contributed by atoms with Gasteiger partial charge in [0, 0.05) is 38.3 Å². The van der Waals surface area contributed by atoms with Gasteiger partial charge in [-0.1, -0.05) is 25.0 Å². The van der Waals surface area contributed by atoms with Gasteiger partial charge in [0.25, 0.3) is 0 Å². The summed E-state index contributed by atoms with van der Waals surface area (Å²) in [4.78, 5) is 32.2. The number of nitrogens with one attached hydrogen (secondary N) is 1. The third-order valence-electron chi connectivity index (χ3n) is 8.04. The standard InChI is InChI=1S/C28H37N7O/c36-28(31-23-12-10-21(11-13-23)18-33-14-4-2-5-15-33)22-8-7-16-34(19-22)26-25-27(30-20-29-26)35-17-6-1-3-9-24(35)32-25/h10-13,20,22H,1-9,14-19H2,(H,31,36). The molecule has 5 heterocycles. The topological polar surface area (TPSA) is 79.2 Å². The molecule has 8 nitrogen and oxygen atoms in total. The van der Waals surface area contributed by atoms with E-state index in [4.69, 9.17) is 4.98 Å². The predicted molar refractivity (Wildman–Crippen MR) is 142 cm³/mol. The molecule has 190 valence electrons. The van der Waals surface area contributed by atoms with Gasteiger partial charge in [-0.05, 0) is 69.3 Å². The second-order valence-corrected chi connectivity index (χ2v) is 10.7. The van der Waals surface area contributed by atoms with Crippen molar-refractivity contribution < 1.29 is 4.79 Å². The number of hydrogen-bond donors (Lipinski definition) is 1. The Morgan fingerprint density at radius 1 is 0.917 bits per heavy atom. The van der Waals surface area contributed by atoms with Crippen molar-refractivity contribution >= 4 is 28.6 Å². The van der Waals surface area contributed by atoms with Crippen LogP contribution >= 0.6 is 0 Å². The van der Waals surface area contributed by atoms with Crippen molar-refractivity contribution in [2.75, 3.05) is 36.4 Å². The van der Waals surface area contributed by atoms with Gasteiger partial charge in [-0.25, -0.2) is 15.0 Å². The third-order valence-corrected chi connectivity index (χ3v) is 8.04. The molecule has 0 aliphatic carbocycles. The summed E-state index contributed by atoms with van der Waals surface area (Å²) in [5.74, 6) is 2.02. The van der Waals surface area contributed by atoms with Gasteiger partial charge in [-0.3, -0.25) is 9.69 Å². The molecule has 3 aliphatic rings. The van der Waals surface area contributed by atoms with Gasteiger partial charge in [-0.15, -0.1) is 0 Å². The van der Waals surface area contributed by atoms with Crippen molar-refractivity contribution in [1.29, 1.82) is 0 Å². The molecule has 0 radical (unpaired) electrons. The SMILES string of the molecule is O=C(Nc1ccc(CN2CCCCC2)cc1)C1CCCN(c2ncnc3c2nc2n3CCCCC2)C1. The number of carbonyl (C=O) groups is 1. The van der Waals surface area contributed by atoms with Gasteiger partial charge in [0.1, 0.15) is 12.2 Å². The molecule has 1 N–H and O–H groups in total. The van der Waals surface area contributed by atoms with Crippen LogP contribution in [0.15, 0.2) is 30.6 Å². The summed E-state index contributed by atoms with van der Waals surface area (Å²) in [7, 11) is 0. The summed E-state index contributed by atoms with van der Waals surface area (Å²) >= 11 is 0. The normalized spacial score (nSPS) is 21.2. The Labute approximate surface area is 213 Å². The maximum absolute atomic E-state index is 13.2. The lowest BCUT2D eigenvalue weighted by Crippen LogP contribution is -2.41. The number of aromatic nitrogens is 4. The van der Waals surface area contributed by atoms with Gasteiger partial charge in [0.2, 0.25) is 5.91 Å². The first-order valence-corrected chi connectivity index (χ1v) is 13.8. The molecule has 1 amide bonds. The fourth-order valence-corrected chi connectivity index (χ4v) is 6.05. The highest BCUT2D eigenvalue weighted by Crippen LogP contribution is 2.30. The highest BCUT2D eigenvalue weighted by atomic mass is 16.1. The quantitative estimate of drug-likeness (QED) is 0.575. The molecule has 0 spiro atoms. The van der Waals surface area contributed by atoms with Crippen LogP contribution in [0.2, 0.25) is 0 Å². The minimum absolute atomic E-state index is 0.0720. The van der Waals surface area contributed by atoms with Gasteiger partial charge in [-0.2, -0.15) is 0 Å². The Hall–Kier alpha value is -3.00. The summed E-state index contributed by atoms with van der Waals surface area (Å²) in [5, 5.41) is 3.17. The van der Waals surface area contributed by atoms with Crippen LogP contribution < -0.4 is 10.2 Å². The Morgan fingerprint density at radius 3 is 2.58 bits per heavy atom. The van der Waals surface area contributed by atoms with Gasteiger partial charge in [0.15, 0.2) is 17.0 Å². The zero-order valence-electron chi connectivity index (χ0n) is 21.2. The monoisotopic (exact) mass is 487 g/mol. The van der Waals surface area contributed by atoms with Crippen LogP contribution in [0.3, 0.4) is 0 Å². The van der Waals surface area contributed by atoms with E-state index in [0.29, 0.717) is 6.54 Å². The van der Waals surface area contributed by atoms with Crippen LogP contribution in [0.4, 0.5) is 11.5 Å². The number of amides is 1. The van der Waals surface area contributed by atoms with Crippen molar-refractivity contribution in [3.05, 3.63) is 42.0 Å². The van der Waals surface area contributed by atoms with Crippen LogP contribution in [0.5, 0.6) is 0 Å². The lowest BCUT2D eigenvalue weighted by Gasteiger charge is -2.32. The van der Waals surface area contributed by atoms with Crippen LogP contribution in [-0.4, -0.2) is 56.5 Å². The third kappa shape index (κ3) is 4.96. The fraction of sp³-hybridized carbons (Fsp3) is 0.571. The molecule has 36 heavy (non-hydrogen) atoms. The Balaban J connectivity index is 1.12. The predicted octanol–water partition coefficient (Wildman–Crippen LogP) is 4.39. The molecule has 8 heteroatoms. The number of imidazole rings is 1. The van der Waals surface area contributed by atoms with E-state index in [1.54, 1.807) is 6.33 Å². The van der Waals surface area contributed by atoms with Crippen molar-refractivity contribution in [2.45, 2.75) is 70.9 Å². The Morgan fingerprint density at radius 2 is 1.72 bits per heavy atom. The van der Waals surface area contributed by atoms with Crippen LogP contribution in [0.25, 0.3) is 11.2 Å². The van der Waals surface area contributed by atoms with Gasteiger partial charge in [0.05, 0.1) is 5.92 Å². The molecule has 3 aromatic rings. The summed E-state index contributed by atoms with van der Waals surface area (Å²) < 4.78 is 2.27. The molecule has 1 aromatic carbocycles. The van der Waals surface area contributed by atoms with E-state index < -0.39 is 0 Å². The molecule has 2 saturated heterocycles. The molecule has 6 rings (SSSR count). The van der Waals surface area contributed by atoms with E-state index in [9.17, 15) is 4.79 Å². The van der Waals surface area contributed by atoms with Crippen molar-refractivity contribution in [1.82, 2.24) is 24.4 Å². The number of hydrogen-bond acceptors (Lipinski definition) is 6. The van der Waals surface area contributed by atoms with E-state index in [2.05, 4.69) is 41.8 Å². The molecule has 1 atom stereocenters. The number of piperidine rings is 2. The lowest BCUT2D eigenvalue weighted by atomic mass is 9.97. The van der Waals surface area contributed by atoms with Gasteiger partial charge >= 0.3 is 0 Å². The van der Waals surface area contributed by atoms with E-state index in [1.807, 2.05) is 12.1 Å². The minimum Gasteiger partial charge on any atom is -0.354 e. The minimum atomic E-state index is -0.0720. The average Bonchev–Trinajstić information content (AvgIpc) is 3.11. The average molecular weight is 488 g/mol. The molecule has 0 saturated carbocycles. The largest absolute Gasteiger partial charge is 0.354 e. The highest BCUT2D eigenvalue weighted by molar-refractivity contribution is 5.93. The van der Waals surface area contributed by atoms with E-state index in [-0.39, 0.29) is 11.8 Å². The number of likely N-dealkylation sites (tertiary alicyclic amines) is 1. The maximum Gasteiger partial charge on any atom is 0.229 e. The van der Waals surface area contributed by atoms with Crippen LogP contribution in [0, 0.1) is 5.92 Å². The summed E-state index contributed by atoms with van der Waals surface area (Å²) in [6.07, 6.45) is 12.1. The highest BCUT2D eigenvalue weighted by Gasteiger charge is 2.29. The number of carbonyl (C=O) groups excluding carboxylic acids is 1. The number of fused-ring (bicyclic) bond motifs is 3. The molecule has 2 aromatic heterocycles. The van der Waals surface area contributed by atoms with Crippen molar-refractivity contribution in [3.63, 3.8) is 0 Å². The first kappa shape index (κ1) is 23.4. The zero-order valence-corrected chi connectivity index (χ0v) is 21.2. The summed E-state index contributed by atoms with van der Waals surface area (Å²) in [6, 6.07) is 8.39. The fourth-order valence-electron chi connectivity index (χ4n) is 6.05. The smallest absolute Gasteiger partial charge is 0.229 e. The number of rotatable bonds is 5. The summed E-state index contributed by atoms with van der Waals surface area (Å²) in [5.41, 5.74) is 4.01. The first-order valence-electron chi connectivity index (χ1n) is 13.8. The molecule has 1 unspecified atom stereocenters.